The van der Waals surface area contributed by atoms with E-state index >= 15 is 0 Å². The van der Waals surface area contributed by atoms with Crippen LogP contribution in [0.3, 0.4) is 0 Å². The Morgan fingerprint density at radius 1 is 0.906 bits per heavy atom. The second kappa shape index (κ2) is 14.7. The average molecular weight is 736 g/mol. The highest BCUT2D eigenvalue weighted by atomic mass is 16.7. The Morgan fingerprint density at radius 2 is 1.57 bits per heavy atom. The Hall–Kier alpha value is -4.59. The Balaban J connectivity index is 1.62. The Bertz CT molecular complexity index is 1850. The van der Waals surface area contributed by atoms with Gasteiger partial charge in [0.1, 0.15) is 17.6 Å². The molecule has 4 aliphatic heterocycles. The molecule has 1 saturated heterocycles. The van der Waals surface area contributed by atoms with E-state index < -0.39 is 76.3 Å². The maximum Gasteiger partial charge on any atom is 0.312 e. The molecule has 7 bridgehead atoms. The van der Waals surface area contributed by atoms with Crippen molar-refractivity contribution in [3.05, 3.63) is 70.2 Å². The van der Waals surface area contributed by atoms with Gasteiger partial charge in [0.05, 0.1) is 47.0 Å². The number of fused-ring (bicyclic) bond motifs is 10. The van der Waals surface area contributed by atoms with E-state index in [1.54, 1.807) is 25.2 Å². The van der Waals surface area contributed by atoms with Crippen LogP contribution in [-0.2, 0) is 33.3 Å². The third-order valence-corrected chi connectivity index (χ3v) is 10.6. The van der Waals surface area contributed by atoms with Gasteiger partial charge in [-0.25, -0.2) is 0 Å². The zero-order chi connectivity index (χ0) is 39.3. The van der Waals surface area contributed by atoms with Gasteiger partial charge in [0.2, 0.25) is 5.78 Å². The minimum atomic E-state index is -2.00. The van der Waals surface area contributed by atoms with Crippen LogP contribution < -0.4 is 10.1 Å². The summed E-state index contributed by atoms with van der Waals surface area (Å²) in [6.45, 7) is 17.2. The predicted octanol–water partition coefficient (Wildman–Crippen LogP) is 5.43. The predicted molar refractivity (Wildman–Crippen MR) is 191 cm³/mol. The number of phenolic OH excluding ortho intramolecular Hbond substituents is 1. The number of phenols is 1. The van der Waals surface area contributed by atoms with Crippen LogP contribution in [0.1, 0.15) is 99.0 Å². The number of ether oxygens (including phenoxy) is 6. The molecule has 0 aromatic heterocycles. The zero-order valence-corrected chi connectivity index (χ0v) is 32.0. The van der Waals surface area contributed by atoms with Crippen molar-refractivity contribution in [3.63, 3.8) is 0 Å². The zero-order valence-electron chi connectivity index (χ0n) is 32.0. The van der Waals surface area contributed by atoms with E-state index in [0.29, 0.717) is 0 Å². The lowest BCUT2D eigenvalue weighted by molar-refractivity contribution is -0.336. The molecule has 1 aromatic rings. The largest absolute Gasteiger partial charge is 0.507 e. The highest BCUT2D eigenvalue weighted by molar-refractivity contribution is 6.30. The molecule has 1 aliphatic carbocycles. The van der Waals surface area contributed by atoms with Crippen molar-refractivity contribution in [2.45, 2.75) is 105 Å². The molecule has 53 heavy (non-hydrogen) atoms. The number of allylic oxidation sites excluding steroid dienone is 4. The minimum absolute atomic E-state index is 0.0356. The van der Waals surface area contributed by atoms with Gasteiger partial charge < -0.3 is 38.8 Å². The molecule has 2 N–H and O–H groups in total. The maximum atomic E-state index is 14.0. The number of amides is 1. The first-order valence-corrected chi connectivity index (χ1v) is 17.7. The Labute approximate surface area is 309 Å². The molecular weight excluding hydrogens is 686 g/mol. The first-order valence-electron chi connectivity index (χ1n) is 17.7. The molecule has 1 fully saturated rings. The van der Waals surface area contributed by atoms with Crippen LogP contribution in [0.2, 0.25) is 0 Å². The van der Waals surface area contributed by atoms with E-state index in [9.17, 15) is 29.1 Å². The Morgan fingerprint density at radius 3 is 2.21 bits per heavy atom. The third-order valence-electron chi connectivity index (χ3n) is 10.6. The fourth-order valence-corrected chi connectivity index (χ4v) is 7.71. The van der Waals surface area contributed by atoms with Crippen molar-refractivity contribution in [1.29, 1.82) is 0 Å². The molecule has 1 amide bonds. The number of rotatable bonds is 2. The quantitative estimate of drug-likeness (QED) is 0.370. The van der Waals surface area contributed by atoms with E-state index in [0.717, 1.165) is 6.08 Å². The number of carbonyl (C=O) groups is 5. The van der Waals surface area contributed by atoms with Gasteiger partial charge in [0, 0.05) is 61.8 Å². The van der Waals surface area contributed by atoms with Crippen molar-refractivity contribution in [2.24, 2.45) is 23.7 Å². The number of Topliss-reactive ketones (excluding diaryl/α,β-unsaturated/α-hetero) is 2. The highest BCUT2D eigenvalue weighted by Crippen LogP contribution is 2.48. The average Bonchev–Trinajstić information content (AvgIpc) is 3.35. The number of benzene rings is 1. The van der Waals surface area contributed by atoms with E-state index in [1.165, 1.54) is 34.1 Å². The smallest absolute Gasteiger partial charge is 0.312 e. The topological polar surface area (TPSA) is 173 Å². The second-order valence-corrected chi connectivity index (χ2v) is 15.0. The van der Waals surface area contributed by atoms with E-state index in [1.807, 2.05) is 47.6 Å². The number of methoxy groups -OCH3 is 1. The first-order chi connectivity index (χ1) is 24.7. The monoisotopic (exact) mass is 735 g/mol. The summed E-state index contributed by atoms with van der Waals surface area (Å²) in [7, 11) is 1.49. The molecule has 0 spiro atoms. The van der Waals surface area contributed by atoms with Gasteiger partial charge in [0.25, 0.3) is 11.7 Å². The van der Waals surface area contributed by atoms with Gasteiger partial charge in [-0.2, -0.15) is 0 Å². The highest BCUT2D eigenvalue weighted by Gasteiger charge is 2.52. The van der Waals surface area contributed by atoms with Crippen molar-refractivity contribution in [1.82, 2.24) is 5.32 Å². The molecule has 4 heterocycles. The molecule has 286 valence electrons. The van der Waals surface area contributed by atoms with Crippen LogP contribution in [0.4, 0.5) is 0 Å². The standard InChI is InChI=1S/C40H49NO12/c1-18-13-12-14-19(2)38(47)41-25-17-26(43)28-29(32(25)45)31(44)21(4)36-30(28)37(46)40(10,53-36)49-16-15-27(48-11)20(3)34(50-24(7)42)23(6)35-22(5)33(18)51-39(8,9)52-35/h12-18,20,22-23,27,33-35,44H,1-11H3,(H,41,47)/b13-12-,16-15-,19-14-/t18-,20+,22+,23+,27-,33+,34+,35+,40-/m0/s1. The number of ketones is 3. The number of hydrogen-bond donors (Lipinski definition) is 2. The molecule has 1 aromatic carbocycles. The van der Waals surface area contributed by atoms with Crippen LogP contribution in [-0.4, -0.2) is 77.4 Å². The number of esters is 1. The van der Waals surface area contributed by atoms with Crippen molar-refractivity contribution < 1.29 is 57.5 Å². The SMILES string of the molecule is CO[C@H]1/C=C\O[C@@]2(C)Oc3c(C)c(O)c4c(c3C2=O)C(=O)C=C(NC(=O)/C(C)=C\C=C/[C@H](C)[C@H]2OC(C)(C)O[C@@H]([C@H](C)[C@H](OC(C)=O)[C@@H]1C)[C@@H]2C)C4=O. The fourth-order valence-electron chi connectivity index (χ4n) is 7.71. The van der Waals surface area contributed by atoms with Gasteiger partial charge in [-0.1, -0.05) is 45.9 Å². The number of hydrogen-bond acceptors (Lipinski definition) is 12. The van der Waals surface area contributed by atoms with Crippen LogP contribution in [0.25, 0.3) is 0 Å². The summed E-state index contributed by atoms with van der Waals surface area (Å²) in [5, 5.41) is 13.7. The summed E-state index contributed by atoms with van der Waals surface area (Å²) >= 11 is 0. The normalized spacial score (nSPS) is 35.2. The number of nitrogens with one attached hydrogen (secondary N) is 1. The van der Waals surface area contributed by atoms with Crippen molar-refractivity contribution in [2.75, 3.05) is 7.11 Å². The van der Waals surface area contributed by atoms with Crippen molar-refractivity contribution >= 4 is 29.2 Å². The van der Waals surface area contributed by atoms with Gasteiger partial charge in [-0.3, -0.25) is 24.0 Å². The van der Waals surface area contributed by atoms with E-state index in [-0.39, 0.29) is 57.6 Å². The van der Waals surface area contributed by atoms with Gasteiger partial charge in [0.15, 0.2) is 11.6 Å². The summed E-state index contributed by atoms with van der Waals surface area (Å²) in [6, 6.07) is 0. The van der Waals surface area contributed by atoms with E-state index in [4.69, 9.17) is 28.4 Å². The van der Waals surface area contributed by atoms with Crippen LogP contribution >= 0.6 is 0 Å². The molecule has 0 radical (unpaired) electrons. The van der Waals surface area contributed by atoms with Crippen LogP contribution in [0.5, 0.6) is 11.5 Å². The maximum absolute atomic E-state index is 14.0. The van der Waals surface area contributed by atoms with Crippen molar-refractivity contribution in [3.8, 4) is 11.5 Å². The molecule has 13 nitrogen and oxygen atoms in total. The molecule has 0 unspecified atom stereocenters. The van der Waals surface area contributed by atoms with Gasteiger partial charge in [-0.05, 0) is 33.8 Å². The van der Waals surface area contributed by atoms with Gasteiger partial charge in [-0.15, -0.1) is 0 Å². The molecule has 9 atom stereocenters. The number of aromatic hydroxyl groups is 1. The molecule has 6 rings (SSSR count). The fraction of sp³-hybridized carbons (Fsp3) is 0.525. The first kappa shape index (κ1) is 39.6. The lowest BCUT2D eigenvalue weighted by atomic mass is 9.77. The molecule has 5 aliphatic rings. The van der Waals surface area contributed by atoms with Crippen LogP contribution in [0.15, 0.2) is 47.9 Å². The second-order valence-electron chi connectivity index (χ2n) is 15.0. The summed E-state index contributed by atoms with van der Waals surface area (Å²) in [5.74, 6) is -8.33. The van der Waals surface area contributed by atoms with Crippen LogP contribution in [0, 0.1) is 30.6 Å². The van der Waals surface area contributed by atoms with E-state index in [2.05, 4.69) is 5.32 Å². The minimum Gasteiger partial charge on any atom is -0.507 e. The summed E-state index contributed by atoms with van der Waals surface area (Å²) in [6.07, 6.45) is 6.77. The molecule has 0 saturated carbocycles. The summed E-state index contributed by atoms with van der Waals surface area (Å²) in [4.78, 5) is 67.0. The molecular formula is C40H49NO12. The summed E-state index contributed by atoms with van der Waals surface area (Å²) in [5.41, 5.74) is -1.07. The Kier molecular flexibility index (Phi) is 11.0. The number of carbonyl (C=O) groups excluding carboxylic acids is 5. The molecule has 13 heteroatoms. The lowest BCUT2D eigenvalue weighted by Gasteiger charge is -2.50. The van der Waals surface area contributed by atoms with Gasteiger partial charge >= 0.3 is 11.8 Å². The lowest BCUT2D eigenvalue weighted by Crippen LogP contribution is -2.56. The third kappa shape index (κ3) is 7.34. The summed E-state index contributed by atoms with van der Waals surface area (Å²) < 4.78 is 36.6.